The Bertz CT molecular complexity index is 741. The molecule has 1 aromatic carbocycles. The summed E-state index contributed by atoms with van der Waals surface area (Å²) in [5.74, 6) is -0.126. The van der Waals surface area contributed by atoms with Crippen molar-refractivity contribution in [1.29, 1.82) is 0 Å². The van der Waals surface area contributed by atoms with Crippen LogP contribution in [-0.4, -0.2) is 35.2 Å². The van der Waals surface area contributed by atoms with Crippen LogP contribution in [0.25, 0.3) is 0 Å². The second kappa shape index (κ2) is 7.95. The first-order valence-electron chi connectivity index (χ1n) is 8.19. The molecule has 136 valence electrons. The molecule has 1 N–H and O–H groups in total. The summed E-state index contributed by atoms with van der Waals surface area (Å²) in [6, 6.07) is 6.20. The first-order chi connectivity index (χ1) is 11.2. The van der Waals surface area contributed by atoms with Gasteiger partial charge in [0.05, 0.1) is 17.3 Å². The molecule has 0 unspecified atom stereocenters. The fraction of sp³-hybridized carbons (Fsp3) is 0.625. The van der Waals surface area contributed by atoms with E-state index in [1.807, 2.05) is 6.92 Å². The molecule has 0 heterocycles. The molecule has 2 rings (SSSR count). The smallest absolute Gasteiger partial charge is 0.266 e. The summed E-state index contributed by atoms with van der Waals surface area (Å²) in [7, 11) is -7.14. The first-order valence-corrected chi connectivity index (χ1v) is 11.3. The largest absolute Gasteiger partial charge is 0.296 e. The topological polar surface area (TPSA) is 89.5 Å². The molecule has 0 amide bonds. The molecule has 1 saturated carbocycles. The van der Waals surface area contributed by atoms with Crippen molar-refractivity contribution in [3.63, 3.8) is 0 Å². The Morgan fingerprint density at radius 3 is 2.33 bits per heavy atom. The fourth-order valence-electron chi connectivity index (χ4n) is 2.83. The van der Waals surface area contributed by atoms with E-state index in [4.69, 9.17) is 4.18 Å². The van der Waals surface area contributed by atoms with Crippen molar-refractivity contribution in [3.05, 3.63) is 29.8 Å². The summed E-state index contributed by atoms with van der Waals surface area (Å²) in [5.41, 5.74) is 0.968. The Morgan fingerprint density at radius 2 is 1.71 bits per heavy atom. The highest BCUT2D eigenvalue weighted by Gasteiger charge is 2.30. The van der Waals surface area contributed by atoms with Crippen molar-refractivity contribution >= 4 is 20.1 Å². The van der Waals surface area contributed by atoms with Gasteiger partial charge in [-0.3, -0.25) is 4.18 Å². The Kier molecular flexibility index (Phi) is 6.41. The fourth-order valence-corrected chi connectivity index (χ4v) is 4.72. The van der Waals surface area contributed by atoms with Crippen LogP contribution in [-0.2, 0) is 24.3 Å². The van der Waals surface area contributed by atoms with Gasteiger partial charge in [-0.1, -0.05) is 30.5 Å². The first kappa shape index (κ1) is 19.4. The highest BCUT2D eigenvalue weighted by Crippen LogP contribution is 2.26. The summed E-state index contributed by atoms with van der Waals surface area (Å²) in [5, 5.41) is 0. The highest BCUT2D eigenvalue weighted by atomic mass is 32.2. The molecule has 6 nitrogen and oxygen atoms in total. The van der Waals surface area contributed by atoms with Crippen molar-refractivity contribution in [1.82, 2.24) is 4.72 Å². The molecule has 1 aromatic rings. The average molecular weight is 376 g/mol. The minimum atomic E-state index is -3.83. The zero-order valence-electron chi connectivity index (χ0n) is 14.1. The van der Waals surface area contributed by atoms with Gasteiger partial charge in [0.15, 0.2) is 0 Å². The number of rotatable bonds is 7. The molecule has 1 aliphatic carbocycles. The van der Waals surface area contributed by atoms with Crippen LogP contribution in [0.2, 0.25) is 0 Å². The van der Waals surface area contributed by atoms with Crippen LogP contribution >= 0.6 is 0 Å². The van der Waals surface area contributed by atoms with E-state index < -0.39 is 20.1 Å². The quantitative estimate of drug-likeness (QED) is 0.738. The molecule has 1 aliphatic rings. The molecule has 0 radical (unpaired) electrons. The van der Waals surface area contributed by atoms with Gasteiger partial charge in [0.25, 0.3) is 10.1 Å². The van der Waals surface area contributed by atoms with Crippen molar-refractivity contribution < 1.29 is 21.0 Å². The normalized spacial score (nSPS) is 22.4. The van der Waals surface area contributed by atoms with Crippen LogP contribution in [0.1, 0.15) is 38.2 Å². The van der Waals surface area contributed by atoms with Crippen LogP contribution in [0, 0.1) is 12.8 Å². The van der Waals surface area contributed by atoms with E-state index in [0.29, 0.717) is 6.42 Å². The molecule has 8 heteroatoms. The molecule has 0 bridgehead atoms. The maximum Gasteiger partial charge on any atom is 0.296 e. The number of aryl methyl sites for hydroxylation is 1. The lowest BCUT2D eigenvalue weighted by Gasteiger charge is -2.31. The molecule has 0 aromatic heterocycles. The van der Waals surface area contributed by atoms with Gasteiger partial charge in [-0.15, -0.1) is 0 Å². The number of nitrogens with one attached hydrogen (secondary N) is 1. The van der Waals surface area contributed by atoms with E-state index >= 15 is 0 Å². The van der Waals surface area contributed by atoms with Gasteiger partial charge in [-0.2, -0.15) is 8.42 Å². The zero-order chi connectivity index (χ0) is 17.8. The van der Waals surface area contributed by atoms with Crippen molar-refractivity contribution in [2.24, 2.45) is 5.92 Å². The van der Waals surface area contributed by atoms with E-state index in [9.17, 15) is 16.8 Å². The summed E-state index contributed by atoms with van der Waals surface area (Å²) in [4.78, 5) is 0.120. The third-order valence-corrected chi connectivity index (χ3v) is 7.08. The van der Waals surface area contributed by atoms with Crippen molar-refractivity contribution in [2.75, 3.05) is 12.4 Å². The van der Waals surface area contributed by atoms with E-state index in [1.165, 1.54) is 12.1 Å². The number of hydrogen-bond acceptors (Lipinski definition) is 5. The number of benzene rings is 1. The van der Waals surface area contributed by atoms with Gasteiger partial charge < -0.3 is 0 Å². The van der Waals surface area contributed by atoms with Crippen LogP contribution < -0.4 is 4.72 Å². The van der Waals surface area contributed by atoms with Crippen molar-refractivity contribution in [3.8, 4) is 0 Å². The van der Waals surface area contributed by atoms with Crippen LogP contribution in [0.3, 0.4) is 0 Å². The van der Waals surface area contributed by atoms with Gasteiger partial charge in [-0.25, -0.2) is 13.1 Å². The SMILES string of the molecule is CCS(=O)(=O)N[C@@H]1CCCC[C@H]1COS(=O)(=O)c1ccc(C)cc1. The van der Waals surface area contributed by atoms with E-state index in [-0.39, 0.29) is 29.2 Å². The lowest BCUT2D eigenvalue weighted by Crippen LogP contribution is -2.44. The molecule has 1 fully saturated rings. The Labute approximate surface area is 144 Å². The predicted molar refractivity (Wildman–Crippen MR) is 92.7 cm³/mol. The van der Waals surface area contributed by atoms with Crippen molar-refractivity contribution in [2.45, 2.75) is 50.5 Å². The molecule has 0 spiro atoms. The third kappa shape index (κ3) is 5.27. The maximum absolute atomic E-state index is 12.3. The molecule has 0 aliphatic heterocycles. The third-order valence-electron chi connectivity index (χ3n) is 4.37. The molecule has 0 saturated heterocycles. The van der Waals surface area contributed by atoms with Gasteiger partial charge >= 0.3 is 0 Å². The zero-order valence-corrected chi connectivity index (χ0v) is 15.7. The molecule has 24 heavy (non-hydrogen) atoms. The van der Waals surface area contributed by atoms with E-state index in [2.05, 4.69) is 4.72 Å². The lowest BCUT2D eigenvalue weighted by molar-refractivity contribution is 0.185. The highest BCUT2D eigenvalue weighted by molar-refractivity contribution is 7.89. The van der Waals surface area contributed by atoms with E-state index in [1.54, 1.807) is 19.1 Å². The Balaban J connectivity index is 2.03. The standard InChI is InChI=1S/C16H25NO5S2/c1-3-23(18,19)17-16-7-5-4-6-14(16)12-22-24(20,21)15-10-8-13(2)9-11-15/h8-11,14,16-17H,3-7,12H2,1-2H3/t14-,16+/m0/s1. The lowest BCUT2D eigenvalue weighted by atomic mass is 9.86. The summed E-state index contributed by atoms with van der Waals surface area (Å²) in [6.07, 6.45) is 3.33. The molecular formula is C16H25NO5S2. The number of sulfonamides is 1. The minimum Gasteiger partial charge on any atom is -0.266 e. The summed E-state index contributed by atoms with van der Waals surface area (Å²) >= 11 is 0. The maximum atomic E-state index is 12.3. The average Bonchev–Trinajstić information content (AvgIpc) is 2.54. The van der Waals surface area contributed by atoms with Gasteiger partial charge in [0.1, 0.15) is 0 Å². The second-order valence-corrected chi connectivity index (χ2v) is 9.88. The monoisotopic (exact) mass is 375 g/mol. The van der Waals surface area contributed by atoms with Crippen LogP contribution in [0.4, 0.5) is 0 Å². The van der Waals surface area contributed by atoms with Crippen LogP contribution in [0.5, 0.6) is 0 Å². The Morgan fingerprint density at radius 1 is 1.08 bits per heavy atom. The van der Waals surface area contributed by atoms with Gasteiger partial charge in [-0.05, 0) is 38.8 Å². The van der Waals surface area contributed by atoms with Crippen LogP contribution in [0.15, 0.2) is 29.2 Å². The number of hydrogen-bond donors (Lipinski definition) is 1. The van der Waals surface area contributed by atoms with Gasteiger partial charge in [0.2, 0.25) is 10.0 Å². The molecule has 2 atom stereocenters. The Hall–Kier alpha value is -0.960. The van der Waals surface area contributed by atoms with E-state index in [0.717, 1.165) is 24.8 Å². The minimum absolute atomic E-state index is 0.00683. The molecular weight excluding hydrogens is 350 g/mol. The predicted octanol–water partition coefficient (Wildman–Crippen LogP) is 2.20. The summed E-state index contributed by atoms with van der Waals surface area (Å²) in [6.45, 7) is 3.45. The summed E-state index contributed by atoms with van der Waals surface area (Å²) < 4.78 is 56.0. The second-order valence-electron chi connectivity index (χ2n) is 6.22. The van der Waals surface area contributed by atoms with Gasteiger partial charge in [0, 0.05) is 12.0 Å².